The number of hydrogen-bond acceptors (Lipinski definition) is 8. The Kier molecular flexibility index (Phi) is 7.91. The normalized spacial score (nSPS) is 17.5. The van der Waals surface area contributed by atoms with Crippen LogP contribution in [-0.2, 0) is 16.1 Å². The quantitative estimate of drug-likeness (QED) is 0.320. The number of dihydropyridines is 1. The molecule has 0 aliphatic carbocycles. The van der Waals surface area contributed by atoms with Crippen molar-refractivity contribution >= 4 is 17.5 Å². The van der Waals surface area contributed by atoms with Gasteiger partial charge in [0.05, 0.1) is 25.7 Å². The van der Waals surface area contributed by atoms with Gasteiger partial charge in [0.25, 0.3) is 0 Å². The van der Waals surface area contributed by atoms with Crippen molar-refractivity contribution in [1.82, 2.24) is 10.6 Å². The largest absolute Gasteiger partial charge is 0.508 e. The molecule has 150 valence electrons. The van der Waals surface area contributed by atoms with E-state index in [0.29, 0.717) is 24.7 Å². The van der Waals surface area contributed by atoms with E-state index in [2.05, 4.69) is 20.6 Å². The molecule has 5 N–H and O–H groups in total. The molecule has 8 heteroatoms. The third kappa shape index (κ3) is 6.98. The zero-order valence-corrected chi connectivity index (χ0v) is 16.3. The third-order valence-electron chi connectivity index (χ3n) is 3.86. The van der Waals surface area contributed by atoms with Crippen LogP contribution >= 0.6 is 0 Å². The predicted octanol–water partition coefficient (Wildman–Crippen LogP) is 1.44. The average molecular weight is 385 g/mol. The summed E-state index contributed by atoms with van der Waals surface area (Å²) in [5.74, 6) is 0.710. The van der Waals surface area contributed by atoms with Crippen LogP contribution < -0.4 is 16.4 Å². The fourth-order valence-electron chi connectivity index (χ4n) is 2.46. The van der Waals surface area contributed by atoms with E-state index in [1.807, 2.05) is 26.0 Å². The maximum Gasteiger partial charge on any atom is 0.314 e. The number of amidine groups is 1. The maximum atomic E-state index is 11.6. The number of aromatic hydroxyl groups is 1. The molecule has 8 nitrogen and oxygen atoms in total. The lowest BCUT2D eigenvalue weighted by molar-refractivity contribution is -0.143. The highest BCUT2D eigenvalue weighted by atomic mass is 16.5. The summed E-state index contributed by atoms with van der Waals surface area (Å²) < 4.78 is 4.73. The lowest BCUT2D eigenvalue weighted by atomic mass is 10.1. The van der Waals surface area contributed by atoms with Crippen LogP contribution in [0.5, 0.6) is 5.75 Å². The molecule has 1 aliphatic heterocycles. The number of aliphatic imine (C=N–C) groups is 2. The second-order valence-corrected chi connectivity index (χ2v) is 6.52. The third-order valence-corrected chi connectivity index (χ3v) is 3.86. The second kappa shape index (κ2) is 10.4. The van der Waals surface area contributed by atoms with Gasteiger partial charge in [-0.15, -0.1) is 0 Å². The standard InChI is InChI=1S/C20H27N5O3/c1-13(2)24-19(25-18-9-6-15(12-23-18)20(27)28-3)10-17(21)22-11-14-4-7-16(26)8-5-14/h4-10,15,17,22,26H,11-12,21H2,1-3H3,(H,23,25). The van der Waals surface area contributed by atoms with E-state index in [1.165, 1.54) is 7.11 Å². The fraction of sp³-hybridized carbons (Fsp3) is 0.350. The van der Waals surface area contributed by atoms with Gasteiger partial charge in [0.1, 0.15) is 17.4 Å². The number of ether oxygens (including phenoxy) is 1. The van der Waals surface area contributed by atoms with Crippen LogP contribution in [0.15, 0.2) is 58.3 Å². The average Bonchev–Trinajstić information content (AvgIpc) is 2.67. The summed E-state index contributed by atoms with van der Waals surface area (Å²) in [5, 5.41) is 15.6. The van der Waals surface area contributed by atoms with E-state index in [0.717, 1.165) is 11.3 Å². The molecule has 0 saturated carbocycles. The lowest BCUT2D eigenvalue weighted by Gasteiger charge is -2.16. The van der Waals surface area contributed by atoms with Crippen LogP contribution in [0.4, 0.5) is 0 Å². The summed E-state index contributed by atoms with van der Waals surface area (Å²) in [6, 6.07) is 6.91. The van der Waals surface area contributed by atoms with E-state index < -0.39 is 6.17 Å². The Morgan fingerprint density at radius 2 is 2.14 bits per heavy atom. The number of nitrogens with zero attached hydrogens (tertiary/aromatic N) is 2. The van der Waals surface area contributed by atoms with Crippen LogP contribution in [0.1, 0.15) is 19.4 Å². The lowest BCUT2D eigenvalue weighted by Crippen LogP contribution is -2.36. The number of nitrogens with one attached hydrogen (secondary N) is 2. The fourth-order valence-corrected chi connectivity index (χ4v) is 2.46. The van der Waals surface area contributed by atoms with Crippen LogP contribution in [-0.4, -0.2) is 42.4 Å². The summed E-state index contributed by atoms with van der Waals surface area (Å²) in [6.07, 6.45) is 4.80. The van der Waals surface area contributed by atoms with Crippen LogP contribution in [0.2, 0.25) is 0 Å². The first-order chi connectivity index (χ1) is 13.4. The topological polar surface area (TPSA) is 121 Å². The summed E-state index contributed by atoms with van der Waals surface area (Å²) in [6.45, 7) is 4.63. The zero-order valence-electron chi connectivity index (χ0n) is 16.3. The monoisotopic (exact) mass is 385 g/mol. The van der Waals surface area contributed by atoms with Gasteiger partial charge in [0.2, 0.25) is 0 Å². The van der Waals surface area contributed by atoms with Crippen LogP contribution in [0.3, 0.4) is 0 Å². The molecule has 1 aliphatic rings. The van der Waals surface area contributed by atoms with Gasteiger partial charge in [0.15, 0.2) is 0 Å². The van der Waals surface area contributed by atoms with Gasteiger partial charge in [-0.3, -0.25) is 15.1 Å². The van der Waals surface area contributed by atoms with Crippen molar-refractivity contribution in [3.05, 3.63) is 53.9 Å². The van der Waals surface area contributed by atoms with Gasteiger partial charge >= 0.3 is 5.97 Å². The van der Waals surface area contributed by atoms with Gasteiger partial charge in [-0.25, -0.2) is 4.99 Å². The minimum Gasteiger partial charge on any atom is -0.508 e. The number of phenols is 1. The molecule has 1 aromatic rings. The highest BCUT2D eigenvalue weighted by molar-refractivity contribution is 5.96. The minimum absolute atomic E-state index is 0.225. The SMILES string of the molecule is COC(=O)C1C=CC(NC(=CC(N)NCc2ccc(O)cc2)N=C(C)C)=NC1. The van der Waals surface area contributed by atoms with Gasteiger partial charge in [-0.1, -0.05) is 18.2 Å². The molecule has 0 saturated heterocycles. The predicted molar refractivity (Wildman–Crippen MR) is 110 cm³/mol. The molecular weight excluding hydrogens is 358 g/mol. The Morgan fingerprint density at radius 1 is 1.43 bits per heavy atom. The smallest absolute Gasteiger partial charge is 0.314 e. The molecule has 2 rings (SSSR count). The Hall–Kier alpha value is -2.97. The molecule has 1 heterocycles. The molecule has 0 aromatic heterocycles. The first-order valence-corrected chi connectivity index (χ1v) is 8.95. The number of benzene rings is 1. The Balaban J connectivity index is 1.99. The zero-order chi connectivity index (χ0) is 20.5. The summed E-state index contributed by atoms with van der Waals surface area (Å²) in [4.78, 5) is 20.4. The van der Waals surface area contributed by atoms with Crippen LogP contribution in [0.25, 0.3) is 0 Å². The van der Waals surface area contributed by atoms with Crippen molar-refractivity contribution in [3.8, 4) is 5.75 Å². The molecule has 2 atom stereocenters. The Bertz CT molecular complexity index is 793. The number of carbonyl (C=O) groups is 1. The van der Waals surface area contributed by atoms with E-state index in [9.17, 15) is 9.90 Å². The number of phenolic OH excluding ortho intramolecular Hbond substituents is 1. The van der Waals surface area contributed by atoms with Gasteiger partial charge in [-0.2, -0.15) is 0 Å². The van der Waals surface area contributed by atoms with E-state index >= 15 is 0 Å². The van der Waals surface area contributed by atoms with Crippen molar-refractivity contribution in [2.24, 2.45) is 21.6 Å². The number of rotatable bonds is 7. The Labute approximate surface area is 164 Å². The number of esters is 1. The molecule has 1 aromatic carbocycles. The maximum absolute atomic E-state index is 11.6. The van der Waals surface area contributed by atoms with Crippen molar-refractivity contribution < 1.29 is 14.6 Å². The van der Waals surface area contributed by atoms with Crippen molar-refractivity contribution in [1.29, 1.82) is 0 Å². The number of methoxy groups -OCH3 is 1. The highest BCUT2D eigenvalue weighted by Crippen LogP contribution is 2.10. The van der Waals surface area contributed by atoms with E-state index in [4.69, 9.17) is 10.5 Å². The number of carbonyl (C=O) groups excluding carboxylic acids is 1. The first-order valence-electron chi connectivity index (χ1n) is 8.95. The first kappa shape index (κ1) is 21.3. The molecule has 0 radical (unpaired) electrons. The van der Waals surface area contributed by atoms with Crippen LogP contribution in [0, 0.1) is 5.92 Å². The second-order valence-electron chi connectivity index (χ2n) is 6.52. The highest BCUT2D eigenvalue weighted by Gasteiger charge is 2.18. The van der Waals surface area contributed by atoms with Gasteiger partial charge in [0, 0.05) is 12.3 Å². The van der Waals surface area contributed by atoms with Crippen molar-refractivity contribution in [2.75, 3.05) is 13.7 Å². The number of hydrogen-bond donors (Lipinski definition) is 4. The summed E-state index contributed by atoms with van der Waals surface area (Å²) in [7, 11) is 1.36. The molecule has 0 spiro atoms. The van der Waals surface area contributed by atoms with Gasteiger partial charge < -0.3 is 20.9 Å². The number of nitrogens with two attached hydrogens (primary N) is 1. The Morgan fingerprint density at radius 3 is 2.71 bits per heavy atom. The molecular formula is C20H27N5O3. The molecule has 0 fully saturated rings. The summed E-state index contributed by atoms with van der Waals surface area (Å²) >= 11 is 0. The molecule has 28 heavy (non-hydrogen) atoms. The van der Waals surface area contributed by atoms with Crippen molar-refractivity contribution in [2.45, 2.75) is 26.6 Å². The molecule has 0 bridgehead atoms. The van der Waals surface area contributed by atoms with Crippen molar-refractivity contribution in [3.63, 3.8) is 0 Å². The molecule has 2 unspecified atom stereocenters. The minimum atomic E-state index is -0.449. The van der Waals surface area contributed by atoms with Gasteiger partial charge in [-0.05, 0) is 43.7 Å². The van der Waals surface area contributed by atoms with E-state index in [-0.39, 0.29) is 17.6 Å². The van der Waals surface area contributed by atoms with E-state index in [1.54, 1.807) is 30.4 Å². The summed E-state index contributed by atoms with van der Waals surface area (Å²) in [5.41, 5.74) is 8.01. The molecule has 0 amide bonds.